The number of hydrogen-bond donors (Lipinski definition) is 2. The molecule has 1 aromatic rings. The standard InChI is InChI=1S/C15H23NO3/c1-11-5-6-12(2)13(9-11)19-10-14(18)16-15(3,4)7-8-17/h5-6,9,17H,7-8,10H2,1-4H3,(H,16,18). The van der Waals surface area contributed by atoms with Gasteiger partial charge in [-0.05, 0) is 51.3 Å². The fourth-order valence-corrected chi connectivity index (χ4v) is 1.76. The van der Waals surface area contributed by atoms with Gasteiger partial charge in [0, 0.05) is 12.1 Å². The van der Waals surface area contributed by atoms with Gasteiger partial charge in [-0.1, -0.05) is 12.1 Å². The number of amides is 1. The number of carbonyl (C=O) groups is 1. The zero-order chi connectivity index (χ0) is 14.5. The molecule has 0 aliphatic heterocycles. The Morgan fingerprint density at radius 1 is 1.37 bits per heavy atom. The van der Waals surface area contributed by atoms with E-state index in [9.17, 15) is 4.79 Å². The van der Waals surface area contributed by atoms with E-state index in [1.807, 2.05) is 45.9 Å². The van der Waals surface area contributed by atoms with Crippen LogP contribution < -0.4 is 10.1 Å². The van der Waals surface area contributed by atoms with Gasteiger partial charge in [0.1, 0.15) is 5.75 Å². The number of ether oxygens (including phenoxy) is 1. The molecule has 106 valence electrons. The minimum atomic E-state index is -0.420. The molecule has 0 saturated carbocycles. The number of aryl methyl sites for hydroxylation is 2. The summed E-state index contributed by atoms with van der Waals surface area (Å²) < 4.78 is 5.53. The van der Waals surface area contributed by atoms with Crippen molar-refractivity contribution in [3.05, 3.63) is 29.3 Å². The highest BCUT2D eigenvalue weighted by Gasteiger charge is 2.19. The summed E-state index contributed by atoms with van der Waals surface area (Å²) in [5.74, 6) is 0.550. The molecule has 0 bridgehead atoms. The molecule has 4 nitrogen and oxygen atoms in total. The van der Waals surface area contributed by atoms with Gasteiger partial charge in [0.25, 0.3) is 5.91 Å². The second-order valence-corrected chi connectivity index (χ2v) is 5.46. The third kappa shape index (κ3) is 5.30. The van der Waals surface area contributed by atoms with Gasteiger partial charge >= 0.3 is 0 Å². The molecule has 0 radical (unpaired) electrons. The minimum absolute atomic E-state index is 0.0147. The normalized spacial score (nSPS) is 11.2. The molecule has 0 saturated heterocycles. The lowest BCUT2D eigenvalue weighted by atomic mass is 10.0. The zero-order valence-corrected chi connectivity index (χ0v) is 12.1. The second-order valence-electron chi connectivity index (χ2n) is 5.46. The molecular weight excluding hydrogens is 242 g/mol. The van der Waals surface area contributed by atoms with Gasteiger partial charge in [-0.2, -0.15) is 0 Å². The van der Waals surface area contributed by atoms with Gasteiger partial charge in [0.15, 0.2) is 6.61 Å². The van der Waals surface area contributed by atoms with E-state index in [0.717, 1.165) is 16.9 Å². The van der Waals surface area contributed by atoms with Crippen LogP contribution in [-0.2, 0) is 4.79 Å². The molecule has 2 N–H and O–H groups in total. The van der Waals surface area contributed by atoms with E-state index in [1.165, 1.54) is 0 Å². The summed E-state index contributed by atoms with van der Waals surface area (Å²) in [5, 5.41) is 11.7. The fourth-order valence-electron chi connectivity index (χ4n) is 1.76. The van der Waals surface area contributed by atoms with Crippen LogP contribution in [0, 0.1) is 13.8 Å². The van der Waals surface area contributed by atoms with Crippen LogP contribution in [0.1, 0.15) is 31.4 Å². The Morgan fingerprint density at radius 3 is 2.68 bits per heavy atom. The SMILES string of the molecule is Cc1ccc(C)c(OCC(=O)NC(C)(C)CCO)c1. The topological polar surface area (TPSA) is 58.6 Å². The Hall–Kier alpha value is -1.55. The fraction of sp³-hybridized carbons (Fsp3) is 0.533. The van der Waals surface area contributed by atoms with Crippen molar-refractivity contribution in [1.29, 1.82) is 0 Å². The van der Waals surface area contributed by atoms with E-state index in [-0.39, 0.29) is 19.1 Å². The van der Waals surface area contributed by atoms with Crippen molar-refractivity contribution in [2.75, 3.05) is 13.2 Å². The van der Waals surface area contributed by atoms with Crippen molar-refractivity contribution >= 4 is 5.91 Å². The first-order chi connectivity index (χ1) is 8.84. The van der Waals surface area contributed by atoms with Crippen LogP contribution in [-0.4, -0.2) is 29.8 Å². The highest BCUT2D eigenvalue weighted by atomic mass is 16.5. The number of rotatable bonds is 6. The lowest BCUT2D eigenvalue weighted by molar-refractivity contribution is -0.124. The van der Waals surface area contributed by atoms with Gasteiger partial charge in [0.2, 0.25) is 0 Å². The molecule has 1 rings (SSSR count). The van der Waals surface area contributed by atoms with Crippen LogP contribution in [0.4, 0.5) is 0 Å². The van der Waals surface area contributed by atoms with E-state index in [2.05, 4.69) is 5.32 Å². The predicted molar refractivity (Wildman–Crippen MR) is 75.3 cm³/mol. The molecule has 0 aliphatic carbocycles. The van der Waals surface area contributed by atoms with Gasteiger partial charge in [-0.15, -0.1) is 0 Å². The Balaban J connectivity index is 2.52. The average Bonchev–Trinajstić information content (AvgIpc) is 2.29. The van der Waals surface area contributed by atoms with E-state index < -0.39 is 5.54 Å². The summed E-state index contributed by atoms with van der Waals surface area (Å²) in [6.45, 7) is 7.71. The molecule has 0 atom stereocenters. The molecule has 4 heteroatoms. The number of carbonyl (C=O) groups excluding carboxylic acids is 1. The first-order valence-corrected chi connectivity index (χ1v) is 6.46. The van der Waals surface area contributed by atoms with Crippen LogP contribution in [0.5, 0.6) is 5.75 Å². The Bertz CT molecular complexity index is 441. The number of aliphatic hydroxyl groups excluding tert-OH is 1. The van der Waals surface area contributed by atoms with Gasteiger partial charge in [0.05, 0.1) is 0 Å². The maximum Gasteiger partial charge on any atom is 0.258 e. The van der Waals surface area contributed by atoms with Crippen LogP contribution in [0.25, 0.3) is 0 Å². The third-order valence-corrected chi connectivity index (χ3v) is 2.92. The van der Waals surface area contributed by atoms with Crippen molar-refractivity contribution < 1.29 is 14.6 Å². The summed E-state index contributed by atoms with van der Waals surface area (Å²) in [6, 6.07) is 5.90. The summed E-state index contributed by atoms with van der Waals surface area (Å²) in [5.41, 5.74) is 1.69. The first kappa shape index (κ1) is 15.5. The van der Waals surface area contributed by atoms with E-state index in [4.69, 9.17) is 9.84 Å². The highest BCUT2D eigenvalue weighted by molar-refractivity contribution is 5.78. The van der Waals surface area contributed by atoms with Gasteiger partial charge < -0.3 is 15.2 Å². The van der Waals surface area contributed by atoms with E-state index >= 15 is 0 Å². The molecule has 0 heterocycles. The van der Waals surface area contributed by atoms with Crippen molar-refractivity contribution in [3.8, 4) is 5.75 Å². The van der Waals surface area contributed by atoms with Crippen molar-refractivity contribution in [1.82, 2.24) is 5.32 Å². The van der Waals surface area contributed by atoms with Crippen LogP contribution >= 0.6 is 0 Å². The summed E-state index contributed by atoms with van der Waals surface area (Å²) >= 11 is 0. The summed E-state index contributed by atoms with van der Waals surface area (Å²) in [6.07, 6.45) is 0.516. The first-order valence-electron chi connectivity index (χ1n) is 6.46. The number of hydrogen-bond acceptors (Lipinski definition) is 3. The highest BCUT2D eigenvalue weighted by Crippen LogP contribution is 2.19. The molecule has 0 unspecified atom stereocenters. The third-order valence-electron chi connectivity index (χ3n) is 2.92. The van der Waals surface area contributed by atoms with Crippen LogP contribution in [0.15, 0.2) is 18.2 Å². The van der Waals surface area contributed by atoms with Crippen molar-refractivity contribution in [3.63, 3.8) is 0 Å². The zero-order valence-electron chi connectivity index (χ0n) is 12.1. The lowest BCUT2D eigenvalue weighted by Gasteiger charge is -2.25. The molecule has 0 aromatic heterocycles. The smallest absolute Gasteiger partial charge is 0.258 e. The quantitative estimate of drug-likeness (QED) is 0.826. The summed E-state index contributed by atoms with van der Waals surface area (Å²) in [7, 11) is 0. The average molecular weight is 265 g/mol. The second kappa shape index (κ2) is 6.57. The predicted octanol–water partition coefficient (Wildman–Crippen LogP) is 1.96. The number of nitrogens with one attached hydrogen (secondary N) is 1. The van der Waals surface area contributed by atoms with E-state index in [1.54, 1.807) is 0 Å². The number of aliphatic hydroxyl groups is 1. The molecule has 1 amide bonds. The van der Waals surface area contributed by atoms with Gasteiger partial charge in [-0.3, -0.25) is 4.79 Å². The number of benzene rings is 1. The lowest BCUT2D eigenvalue weighted by Crippen LogP contribution is -2.46. The van der Waals surface area contributed by atoms with Crippen molar-refractivity contribution in [2.24, 2.45) is 0 Å². The van der Waals surface area contributed by atoms with Crippen LogP contribution in [0.2, 0.25) is 0 Å². The molecular formula is C15H23NO3. The molecule has 1 aromatic carbocycles. The van der Waals surface area contributed by atoms with E-state index in [0.29, 0.717) is 6.42 Å². The summed E-state index contributed by atoms with van der Waals surface area (Å²) in [4.78, 5) is 11.8. The van der Waals surface area contributed by atoms with Crippen molar-refractivity contribution in [2.45, 2.75) is 39.7 Å². The molecule has 19 heavy (non-hydrogen) atoms. The largest absolute Gasteiger partial charge is 0.483 e. The maximum atomic E-state index is 11.8. The minimum Gasteiger partial charge on any atom is -0.483 e. The van der Waals surface area contributed by atoms with Crippen LogP contribution in [0.3, 0.4) is 0 Å². The monoisotopic (exact) mass is 265 g/mol. The van der Waals surface area contributed by atoms with Gasteiger partial charge in [-0.25, -0.2) is 0 Å². The Kier molecular flexibility index (Phi) is 5.36. The molecule has 0 spiro atoms. The maximum absolute atomic E-state index is 11.8. The Labute approximate surface area is 114 Å². The molecule has 0 aliphatic rings. The molecule has 0 fully saturated rings. The Morgan fingerprint density at radius 2 is 2.05 bits per heavy atom.